The minimum Gasteiger partial charge on any atom is -0.379 e. The summed E-state index contributed by atoms with van der Waals surface area (Å²) in [7, 11) is 1.67. The highest BCUT2D eigenvalue weighted by atomic mass is 16.6. The van der Waals surface area contributed by atoms with E-state index in [1.54, 1.807) is 25.2 Å². The van der Waals surface area contributed by atoms with Gasteiger partial charge >= 0.3 is 0 Å². The Balaban J connectivity index is 1.68. The van der Waals surface area contributed by atoms with Crippen molar-refractivity contribution in [3.63, 3.8) is 0 Å². The van der Waals surface area contributed by atoms with Crippen LogP contribution in [0, 0.1) is 10.1 Å². The van der Waals surface area contributed by atoms with Crippen molar-refractivity contribution in [1.29, 1.82) is 0 Å². The van der Waals surface area contributed by atoms with Crippen LogP contribution in [0.25, 0.3) is 0 Å². The number of hydrogen-bond donors (Lipinski definition) is 2. The number of rotatable bonds is 8. The van der Waals surface area contributed by atoms with Gasteiger partial charge in [0.15, 0.2) is 5.96 Å². The number of para-hydroxylation sites is 1. The van der Waals surface area contributed by atoms with Gasteiger partial charge in [-0.1, -0.05) is 18.2 Å². The molecular weight excluding hydrogens is 312 g/mol. The zero-order chi connectivity index (χ0) is 17.2. The van der Waals surface area contributed by atoms with Crippen LogP contribution < -0.4 is 10.6 Å². The number of ether oxygens (including phenoxy) is 2. The molecule has 24 heavy (non-hydrogen) atoms. The topological polar surface area (TPSA) is 98.0 Å². The Bertz CT molecular complexity index is 559. The Kier molecular flexibility index (Phi) is 7.44. The van der Waals surface area contributed by atoms with E-state index in [-0.39, 0.29) is 16.7 Å². The molecule has 1 aliphatic heterocycles. The van der Waals surface area contributed by atoms with Crippen LogP contribution in [-0.4, -0.2) is 50.4 Å². The van der Waals surface area contributed by atoms with Crippen molar-refractivity contribution < 1.29 is 14.4 Å². The molecule has 0 radical (unpaired) electrons. The first-order valence-electron chi connectivity index (χ1n) is 8.07. The van der Waals surface area contributed by atoms with E-state index in [1.807, 2.05) is 0 Å². The van der Waals surface area contributed by atoms with Crippen molar-refractivity contribution in [3.05, 3.63) is 39.9 Å². The predicted molar refractivity (Wildman–Crippen MR) is 91.1 cm³/mol. The van der Waals surface area contributed by atoms with Gasteiger partial charge in [0.2, 0.25) is 0 Å². The minimum absolute atomic E-state index is 0.104. The van der Waals surface area contributed by atoms with Crippen molar-refractivity contribution in [2.75, 3.05) is 33.4 Å². The highest BCUT2D eigenvalue weighted by Gasteiger charge is 2.15. The van der Waals surface area contributed by atoms with Gasteiger partial charge in [0.1, 0.15) is 0 Å². The molecule has 1 aromatic carbocycles. The lowest BCUT2D eigenvalue weighted by atomic mass is 10.2. The fourth-order valence-electron chi connectivity index (χ4n) is 2.41. The zero-order valence-electron chi connectivity index (χ0n) is 13.9. The van der Waals surface area contributed by atoms with Crippen LogP contribution in [0.5, 0.6) is 0 Å². The Morgan fingerprint density at radius 3 is 3.00 bits per heavy atom. The maximum Gasteiger partial charge on any atom is 0.274 e. The summed E-state index contributed by atoms with van der Waals surface area (Å²) >= 11 is 0. The molecule has 0 aliphatic carbocycles. The molecular formula is C16H24N4O4. The molecule has 2 N–H and O–H groups in total. The molecule has 1 fully saturated rings. The third-order valence-corrected chi connectivity index (χ3v) is 3.71. The van der Waals surface area contributed by atoms with Crippen LogP contribution in [0.4, 0.5) is 5.69 Å². The quantitative estimate of drug-likeness (QED) is 0.245. The third kappa shape index (κ3) is 5.78. The monoisotopic (exact) mass is 336 g/mol. The highest BCUT2D eigenvalue weighted by molar-refractivity contribution is 5.79. The van der Waals surface area contributed by atoms with Crippen molar-refractivity contribution in [2.45, 2.75) is 25.5 Å². The number of benzene rings is 1. The normalized spacial score (nSPS) is 17.7. The highest BCUT2D eigenvalue weighted by Crippen LogP contribution is 2.16. The van der Waals surface area contributed by atoms with Gasteiger partial charge in [0.25, 0.3) is 5.69 Å². The van der Waals surface area contributed by atoms with E-state index in [0.29, 0.717) is 37.8 Å². The van der Waals surface area contributed by atoms with E-state index in [0.717, 1.165) is 19.4 Å². The Morgan fingerprint density at radius 1 is 1.46 bits per heavy atom. The van der Waals surface area contributed by atoms with E-state index in [4.69, 9.17) is 9.47 Å². The summed E-state index contributed by atoms with van der Waals surface area (Å²) in [4.78, 5) is 14.7. The first kappa shape index (κ1) is 18.2. The molecule has 1 unspecified atom stereocenters. The molecule has 1 heterocycles. The number of nitrogens with zero attached hydrogens (tertiary/aromatic N) is 2. The maximum absolute atomic E-state index is 11.0. The van der Waals surface area contributed by atoms with E-state index >= 15 is 0 Å². The Morgan fingerprint density at radius 2 is 2.29 bits per heavy atom. The molecule has 0 saturated carbocycles. The molecule has 8 nitrogen and oxygen atoms in total. The summed E-state index contributed by atoms with van der Waals surface area (Å²) in [6, 6.07) is 6.67. The fraction of sp³-hybridized carbons (Fsp3) is 0.562. The van der Waals surface area contributed by atoms with Gasteiger partial charge in [-0.05, 0) is 12.8 Å². The number of aliphatic imine (C=N–C) groups is 1. The molecule has 132 valence electrons. The summed E-state index contributed by atoms with van der Waals surface area (Å²) in [6.07, 6.45) is 2.04. The van der Waals surface area contributed by atoms with E-state index in [2.05, 4.69) is 15.6 Å². The van der Waals surface area contributed by atoms with Crippen molar-refractivity contribution in [3.8, 4) is 0 Å². The lowest BCUT2D eigenvalue weighted by Crippen LogP contribution is -2.37. The summed E-state index contributed by atoms with van der Waals surface area (Å²) in [5.41, 5.74) is 0.725. The molecule has 0 spiro atoms. The largest absolute Gasteiger partial charge is 0.379 e. The second kappa shape index (κ2) is 9.84. The molecule has 0 aromatic heterocycles. The van der Waals surface area contributed by atoms with Gasteiger partial charge < -0.3 is 20.1 Å². The first-order valence-corrected chi connectivity index (χ1v) is 8.07. The lowest BCUT2D eigenvalue weighted by Gasteiger charge is -2.13. The number of nitro groups is 1. The van der Waals surface area contributed by atoms with E-state index in [9.17, 15) is 10.1 Å². The van der Waals surface area contributed by atoms with Gasteiger partial charge in [0.05, 0.1) is 17.6 Å². The Hall–Kier alpha value is -2.19. The zero-order valence-corrected chi connectivity index (χ0v) is 13.9. The smallest absolute Gasteiger partial charge is 0.274 e. The number of nitrogens with one attached hydrogen (secondary N) is 2. The lowest BCUT2D eigenvalue weighted by molar-refractivity contribution is -0.385. The van der Waals surface area contributed by atoms with Crippen LogP contribution in [0.2, 0.25) is 0 Å². The Labute approximate surface area is 141 Å². The molecule has 1 atom stereocenters. The molecule has 0 amide bonds. The third-order valence-electron chi connectivity index (χ3n) is 3.71. The summed E-state index contributed by atoms with van der Waals surface area (Å²) in [6.45, 7) is 3.19. The van der Waals surface area contributed by atoms with Gasteiger partial charge in [-0.3, -0.25) is 15.1 Å². The predicted octanol–water partition coefficient (Wildman–Crippen LogP) is 1.46. The van der Waals surface area contributed by atoms with Crippen LogP contribution in [-0.2, 0) is 16.0 Å². The maximum atomic E-state index is 11.0. The molecule has 2 rings (SSSR count). The summed E-state index contributed by atoms with van der Waals surface area (Å²) < 4.78 is 10.9. The SMILES string of the molecule is CN=C(NCCCOC1CCOC1)NCc1ccccc1[N+](=O)[O-]. The number of hydrogen-bond acceptors (Lipinski definition) is 5. The fourth-order valence-corrected chi connectivity index (χ4v) is 2.41. The molecule has 1 aromatic rings. The van der Waals surface area contributed by atoms with Crippen LogP contribution in [0.3, 0.4) is 0 Å². The average molecular weight is 336 g/mol. The van der Waals surface area contributed by atoms with Crippen LogP contribution in [0.15, 0.2) is 29.3 Å². The molecule has 8 heteroatoms. The standard InChI is InChI=1S/C16H24N4O4/c1-17-16(18-8-4-9-24-14-7-10-23-12-14)19-11-13-5-2-3-6-15(13)20(21)22/h2-3,5-6,14H,4,7-12H2,1H3,(H2,17,18,19). The second-order valence-electron chi connectivity index (χ2n) is 5.45. The van der Waals surface area contributed by atoms with E-state index < -0.39 is 0 Å². The molecule has 1 saturated heterocycles. The second-order valence-corrected chi connectivity index (χ2v) is 5.45. The van der Waals surface area contributed by atoms with Crippen LogP contribution >= 0.6 is 0 Å². The summed E-state index contributed by atoms with van der Waals surface area (Å²) in [5.74, 6) is 0.609. The number of nitro benzene ring substituents is 1. The van der Waals surface area contributed by atoms with Gasteiger partial charge in [0, 0.05) is 45.0 Å². The van der Waals surface area contributed by atoms with Crippen molar-refractivity contribution in [2.24, 2.45) is 4.99 Å². The molecule has 0 bridgehead atoms. The summed E-state index contributed by atoms with van der Waals surface area (Å²) in [5, 5.41) is 17.3. The first-order chi connectivity index (χ1) is 11.7. The van der Waals surface area contributed by atoms with E-state index in [1.165, 1.54) is 6.07 Å². The number of guanidine groups is 1. The van der Waals surface area contributed by atoms with Gasteiger partial charge in [-0.2, -0.15) is 0 Å². The van der Waals surface area contributed by atoms with Gasteiger partial charge in [-0.15, -0.1) is 0 Å². The average Bonchev–Trinajstić information content (AvgIpc) is 3.11. The van der Waals surface area contributed by atoms with Crippen LogP contribution in [0.1, 0.15) is 18.4 Å². The van der Waals surface area contributed by atoms with Gasteiger partial charge in [-0.25, -0.2) is 0 Å². The minimum atomic E-state index is -0.378. The van der Waals surface area contributed by atoms with Crippen molar-refractivity contribution in [1.82, 2.24) is 10.6 Å². The van der Waals surface area contributed by atoms with Crippen molar-refractivity contribution >= 4 is 11.6 Å². The molecule has 1 aliphatic rings.